The van der Waals surface area contributed by atoms with E-state index in [-0.39, 0.29) is 6.61 Å². The number of halogens is 1. The molecule has 0 saturated heterocycles. The molecule has 1 heterocycles. The molecule has 11 heteroatoms. The van der Waals surface area contributed by atoms with Gasteiger partial charge in [-0.05, 0) is 91.8 Å². The van der Waals surface area contributed by atoms with Crippen LogP contribution in [-0.4, -0.2) is 36.6 Å². The van der Waals surface area contributed by atoms with Crippen molar-refractivity contribution in [3.05, 3.63) is 80.1 Å². The van der Waals surface area contributed by atoms with E-state index in [2.05, 4.69) is 38.7 Å². The minimum atomic E-state index is -0.985. The first-order valence-corrected chi connectivity index (χ1v) is 13.9. The molecule has 0 radical (unpaired) electrons. The number of rotatable bonds is 7. The Labute approximate surface area is 237 Å². The Kier molecular flexibility index (Phi) is 9.26. The minimum absolute atomic E-state index is 0.205. The number of anilines is 1. The van der Waals surface area contributed by atoms with Crippen LogP contribution < -0.4 is 15.5 Å². The van der Waals surface area contributed by atoms with Crippen LogP contribution in [0.4, 0.5) is 5.00 Å². The predicted molar refractivity (Wildman–Crippen MR) is 151 cm³/mol. The molecule has 3 aromatic rings. The molecule has 1 aromatic heterocycles. The molecule has 1 atom stereocenters. The Morgan fingerprint density at radius 3 is 2.46 bits per heavy atom. The molecule has 4 rings (SSSR count). The van der Waals surface area contributed by atoms with E-state index in [0.717, 1.165) is 34.2 Å². The van der Waals surface area contributed by atoms with Crippen molar-refractivity contribution in [2.24, 2.45) is 11.0 Å². The number of amides is 2. The second kappa shape index (κ2) is 12.8. The van der Waals surface area contributed by atoms with Crippen molar-refractivity contribution >= 4 is 62.2 Å². The van der Waals surface area contributed by atoms with Gasteiger partial charge in [0.25, 0.3) is 0 Å². The average Bonchev–Trinajstić information content (AvgIpc) is 3.26. The second-order valence-electron chi connectivity index (χ2n) is 8.90. The molecule has 202 valence electrons. The monoisotopic (exact) mass is 611 g/mol. The number of thiophene rings is 1. The fourth-order valence-electron chi connectivity index (χ4n) is 4.01. The van der Waals surface area contributed by atoms with Crippen molar-refractivity contribution in [3.8, 4) is 5.75 Å². The zero-order valence-corrected chi connectivity index (χ0v) is 23.7. The number of fused-ring (bicyclic) bond motifs is 1. The van der Waals surface area contributed by atoms with E-state index in [0.29, 0.717) is 33.4 Å². The third-order valence-electron chi connectivity index (χ3n) is 5.97. The van der Waals surface area contributed by atoms with Crippen LogP contribution in [0.5, 0.6) is 5.75 Å². The van der Waals surface area contributed by atoms with Crippen molar-refractivity contribution in [3.63, 3.8) is 0 Å². The lowest BCUT2D eigenvalue weighted by Gasteiger charge is -2.18. The van der Waals surface area contributed by atoms with Crippen LogP contribution in [0.2, 0.25) is 0 Å². The quantitative estimate of drug-likeness (QED) is 0.126. The van der Waals surface area contributed by atoms with E-state index >= 15 is 0 Å². The molecule has 2 amide bonds. The van der Waals surface area contributed by atoms with Crippen LogP contribution in [-0.2, 0) is 27.2 Å². The molecule has 1 unspecified atom stereocenters. The van der Waals surface area contributed by atoms with Crippen molar-refractivity contribution in [2.45, 2.75) is 33.1 Å². The van der Waals surface area contributed by atoms with E-state index in [4.69, 9.17) is 9.47 Å². The van der Waals surface area contributed by atoms with Crippen LogP contribution in [0, 0.1) is 5.92 Å². The summed E-state index contributed by atoms with van der Waals surface area (Å²) in [5.74, 6) is -2.12. The van der Waals surface area contributed by atoms with Gasteiger partial charge in [0.15, 0.2) is 0 Å². The zero-order valence-electron chi connectivity index (χ0n) is 21.3. The maximum absolute atomic E-state index is 12.6. The van der Waals surface area contributed by atoms with Crippen molar-refractivity contribution in [2.75, 3.05) is 11.9 Å². The normalized spacial score (nSPS) is 14.4. The summed E-state index contributed by atoms with van der Waals surface area (Å²) in [6.07, 6.45) is 3.81. The Morgan fingerprint density at radius 1 is 1.05 bits per heavy atom. The number of carbonyl (C=O) groups is 4. The number of carbonyl (C=O) groups excluding carboxylic acids is 4. The first kappa shape index (κ1) is 28.2. The van der Waals surface area contributed by atoms with Gasteiger partial charge in [0, 0.05) is 9.35 Å². The van der Waals surface area contributed by atoms with Crippen LogP contribution in [0.1, 0.15) is 57.0 Å². The highest BCUT2D eigenvalue weighted by Crippen LogP contribution is 2.40. The summed E-state index contributed by atoms with van der Waals surface area (Å²) in [5, 5.41) is 6.69. The molecule has 2 N–H and O–H groups in total. The Morgan fingerprint density at radius 2 is 1.77 bits per heavy atom. The fourth-order valence-corrected chi connectivity index (χ4v) is 5.67. The standard InChI is InChI=1S/C28H26BrN3O6S/c1-3-37-28(36)23-21-13-4-16(2)14-22(21)39-26(23)31-24(33)25(34)32-30-15-17-5-11-20(12-6-17)38-27(35)18-7-9-19(29)10-8-18/h5-12,15-16H,3-4,13-14H2,1-2H3,(H,31,33)(H,32,34)/b30-15+. The number of nitrogens with one attached hydrogen (secondary N) is 2. The van der Waals surface area contributed by atoms with Gasteiger partial charge >= 0.3 is 23.8 Å². The summed E-state index contributed by atoms with van der Waals surface area (Å²) < 4.78 is 11.4. The van der Waals surface area contributed by atoms with E-state index in [1.54, 1.807) is 55.5 Å². The molecule has 1 aliphatic rings. The molecule has 9 nitrogen and oxygen atoms in total. The molecule has 0 aliphatic heterocycles. The topological polar surface area (TPSA) is 123 Å². The molecule has 0 spiro atoms. The van der Waals surface area contributed by atoms with Gasteiger partial charge in [0.1, 0.15) is 10.8 Å². The second-order valence-corrected chi connectivity index (χ2v) is 10.9. The Balaban J connectivity index is 1.34. The molecule has 0 bridgehead atoms. The molecule has 2 aromatic carbocycles. The molecular formula is C28H26BrN3O6S. The van der Waals surface area contributed by atoms with E-state index in [1.165, 1.54) is 17.6 Å². The van der Waals surface area contributed by atoms with Crippen molar-refractivity contribution in [1.29, 1.82) is 0 Å². The fraction of sp³-hybridized carbons (Fsp3) is 0.250. The van der Waals surface area contributed by atoms with Crippen LogP contribution in [0.15, 0.2) is 58.1 Å². The summed E-state index contributed by atoms with van der Waals surface area (Å²) in [6, 6.07) is 13.3. The van der Waals surface area contributed by atoms with Gasteiger partial charge in [-0.1, -0.05) is 22.9 Å². The summed E-state index contributed by atoms with van der Waals surface area (Å²) >= 11 is 4.62. The number of esters is 2. The van der Waals surface area contributed by atoms with Crippen LogP contribution >= 0.6 is 27.3 Å². The summed E-state index contributed by atoms with van der Waals surface area (Å²) in [6.45, 7) is 4.06. The Hall–Kier alpha value is -3.83. The van der Waals surface area contributed by atoms with Crippen LogP contribution in [0.25, 0.3) is 0 Å². The van der Waals surface area contributed by atoms with Crippen molar-refractivity contribution in [1.82, 2.24) is 5.43 Å². The molecule has 39 heavy (non-hydrogen) atoms. The summed E-state index contributed by atoms with van der Waals surface area (Å²) in [4.78, 5) is 50.8. The lowest BCUT2D eigenvalue weighted by Crippen LogP contribution is -2.32. The first-order valence-electron chi connectivity index (χ1n) is 12.3. The molecule has 0 saturated carbocycles. The number of nitrogens with zero attached hydrogens (tertiary/aromatic N) is 1. The summed E-state index contributed by atoms with van der Waals surface area (Å²) in [7, 11) is 0. The molecule has 0 fully saturated rings. The largest absolute Gasteiger partial charge is 0.462 e. The highest BCUT2D eigenvalue weighted by Gasteiger charge is 2.30. The molecule has 1 aliphatic carbocycles. The van der Waals surface area contributed by atoms with Gasteiger partial charge in [-0.2, -0.15) is 5.10 Å². The number of hydrazone groups is 1. The third-order valence-corrected chi connectivity index (χ3v) is 7.67. The van der Waals surface area contributed by atoms with Gasteiger partial charge in [-0.15, -0.1) is 11.3 Å². The average molecular weight is 613 g/mol. The predicted octanol–water partition coefficient (Wildman–Crippen LogP) is 5.12. The number of hydrogen-bond donors (Lipinski definition) is 2. The van der Waals surface area contributed by atoms with Gasteiger partial charge in [0.05, 0.1) is 23.9 Å². The lowest BCUT2D eigenvalue weighted by atomic mass is 9.88. The van der Waals surface area contributed by atoms with E-state index < -0.39 is 23.8 Å². The highest BCUT2D eigenvalue weighted by atomic mass is 79.9. The van der Waals surface area contributed by atoms with Crippen molar-refractivity contribution < 1.29 is 28.7 Å². The first-order chi connectivity index (χ1) is 18.7. The van der Waals surface area contributed by atoms with Crippen LogP contribution in [0.3, 0.4) is 0 Å². The van der Waals surface area contributed by atoms with Gasteiger partial charge in [0.2, 0.25) is 0 Å². The Bertz CT molecular complexity index is 1420. The van der Waals surface area contributed by atoms with E-state index in [1.807, 2.05) is 0 Å². The van der Waals surface area contributed by atoms with Gasteiger partial charge in [-0.3, -0.25) is 9.59 Å². The summed E-state index contributed by atoms with van der Waals surface area (Å²) in [5.41, 5.74) is 4.41. The highest BCUT2D eigenvalue weighted by molar-refractivity contribution is 9.10. The van der Waals surface area contributed by atoms with Gasteiger partial charge in [-0.25, -0.2) is 15.0 Å². The van der Waals surface area contributed by atoms with E-state index in [9.17, 15) is 19.2 Å². The zero-order chi connectivity index (χ0) is 27.9. The minimum Gasteiger partial charge on any atom is -0.462 e. The molecular weight excluding hydrogens is 586 g/mol. The maximum Gasteiger partial charge on any atom is 0.343 e. The van der Waals surface area contributed by atoms with Gasteiger partial charge < -0.3 is 14.8 Å². The third kappa shape index (κ3) is 7.18. The number of benzene rings is 2. The lowest BCUT2D eigenvalue weighted by molar-refractivity contribution is -0.136. The number of ether oxygens (including phenoxy) is 2. The SMILES string of the molecule is CCOC(=O)c1c(NC(=O)C(=O)N/N=C/c2ccc(OC(=O)c3ccc(Br)cc3)cc2)sc2c1CCC(C)C2. The number of hydrogen-bond acceptors (Lipinski definition) is 8. The smallest absolute Gasteiger partial charge is 0.343 e. The maximum atomic E-state index is 12.6.